The molecule has 0 amide bonds. The van der Waals surface area contributed by atoms with Crippen LogP contribution in [0.5, 0.6) is 0 Å². The summed E-state index contributed by atoms with van der Waals surface area (Å²) >= 11 is 0. The van der Waals surface area contributed by atoms with Crippen molar-refractivity contribution in [1.82, 2.24) is 9.88 Å². The number of furan rings is 1. The Bertz CT molecular complexity index is 3480. The number of amidine groups is 2. The van der Waals surface area contributed by atoms with E-state index in [-0.39, 0.29) is 6.17 Å². The van der Waals surface area contributed by atoms with E-state index in [1.807, 2.05) is 12.1 Å². The predicted molar refractivity (Wildman–Crippen MR) is 232 cm³/mol. The predicted octanol–water partition coefficient (Wildman–Crippen LogP) is 12.6. The highest BCUT2D eigenvalue weighted by Crippen LogP contribution is 2.39. The number of benzene rings is 9. The third-order valence-electron chi connectivity index (χ3n) is 11.4. The van der Waals surface area contributed by atoms with E-state index in [4.69, 9.17) is 14.4 Å². The zero-order valence-corrected chi connectivity index (χ0v) is 30.1. The summed E-state index contributed by atoms with van der Waals surface area (Å²) in [6.07, 6.45) is -0.356. The van der Waals surface area contributed by atoms with Crippen molar-refractivity contribution in [2.75, 3.05) is 0 Å². The third-order valence-corrected chi connectivity index (χ3v) is 11.4. The smallest absolute Gasteiger partial charge is 0.160 e. The first-order valence-corrected chi connectivity index (χ1v) is 19.0. The minimum Gasteiger partial charge on any atom is -0.456 e. The normalized spacial score (nSPS) is 14.6. The zero-order chi connectivity index (χ0) is 36.7. The standard InChI is InChI=1S/C51H32N4O/c1-3-12-33-26-37(22-20-31(33)10-1)49-52-50(38-23-21-32-11-2-4-13-34(32)27-38)54-51(53-49)41-17-9-19-47-48(41)43-30-39(24-25-46(43)56-47)55-44-18-8-7-16-40(44)42-28-35-14-5-6-15-36(35)29-45(42)55/h1-30,49H,(H,52,53,54). The molecule has 0 saturated heterocycles. The summed E-state index contributed by atoms with van der Waals surface area (Å²) in [6, 6.07) is 64.6. The minimum atomic E-state index is -0.356. The Morgan fingerprint density at radius 2 is 1.18 bits per heavy atom. The molecule has 2 aromatic heterocycles. The molecule has 56 heavy (non-hydrogen) atoms. The van der Waals surface area contributed by atoms with Gasteiger partial charge in [0.1, 0.15) is 23.2 Å². The summed E-state index contributed by atoms with van der Waals surface area (Å²) in [4.78, 5) is 10.7. The van der Waals surface area contributed by atoms with Gasteiger partial charge in [-0.3, -0.25) is 0 Å². The van der Waals surface area contributed by atoms with Crippen LogP contribution in [0.15, 0.2) is 196 Å². The Morgan fingerprint density at radius 3 is 2.00 bits per heavy atom. The van der Waals surface area contributed by atoms with E-state index in [1.165, 1.54) is 43.2 Å². The largest absolute Gasteiger partial charge is 0.456 e. The lowest BCUT2D eigenvalue weighted by Gasteiger charge is -2.24. The van der Waals surface area contributed by atoms with Gasteiger partial charge in [0.15, 0.2) is 5.84 Å². The van der Waals surface area contributed by atoms with Crippen LogP contribution in [0.1, 0.15) is 22.9 Å². The first kappa shape index (κ1) is 30.9. The molecule has 0 saturated carbocycles. The fraction of sp³-hybridized carbons (Fsp3) is 0.0196. The highest BCUT2D eigenvalue weighted by molar-refractivity contribution is 6.22. The topological polar surface area (TPSA) is 54.8 Å². The summed E-state index contributed by atoms with van der Waals surface area (Å²) in [6.45, 7) is 0. The molecule has 12 rings (SSSR count). The number of aromatic nitrogens is 1. The van der Waals surface area contributed by atoms with E-state index in [0.29, 0.717) is 5.84 Å². The minimum absolute atomic E-state index is 0.356. The number of aliphatic imine (C=N–C) groups is 2. The molecule has 5 heteroatoms. The molecule has 0 fully saturated rings. The Hall–Kier alpha value is -7.50. The molecule has 1 aliphatic heterocycles. The number of nitrogens with one attached hydrogen (secondary N) is 1. The molecule has 5 nitrogen and oxygen atoms in total. The Labute approximate surface area is 321 Å². The van der Waals surface area contributed by atoms with Gasteiger partial charge in [0.2, 0.25) is 0 Å². The monoisotopic (exact) mass is 716 g/mol. The van der Waals surface area contributed by atoms with Gasteiger partial charge in [-0.2, -0.15) is 0 Å². The van der Waals surface area contributed by atoms with Crippen molar-refractivity contribution >= 4 is 87.7 Å². The number of fused-ring (bicyclic) bond motifs is 9. The van der Waals surface area contributed by atoms with Crippen LogP contribution in [0.4, 0.5) is 0 Å². The van der Waals surface area contributed by atoms with Gasteiger partial charge < -0.3 is 14.3 Å². The second-order valence-corrected chi connectivity index (χ2v) is 14.7. The lowest BCUT2D eigenvalue weighted by molar-refractivity contribution is 0.668. The molecule has 9 aromatic carbocycles. The Morgan fingerprint density at radius 1 is 0.482 bits per heavy atom. The Balaban J connectivity index is 1.07. The summed E-state index contributed by atoms with van der Waals surface area (Å²) in [7, 11) is 0. The summed E-state index contributed by atoms with van der Waals surface area (Å²) in [5.41, 5.74) is 8.02. The molecule has 0 spiro atoms. The summed E-state index contributed by atoms with van der Waals surface area (Å²) in [5, 5.41) is 15.3. The molecule has 0 aliphatic carbocycles. The van der Waals surface area contributed by atoms with Crippen molar-refractivity contribution in [3.63, 3.8) is 0 Å². The molecule has 0 bridgehead atoms. The summed E-state index contributed by atoms with van der Waals surface area (Å²) < 4.78 is 8.96. The number of nitrogens with zero attached hydrogens (tertiary/aromatic N) is 3. The average molecular weight is 717 g/mol. The van der Waals surface area contributed by atoms with Gasteiger partial charge in [0.05, 0.1) is 11.0 Å². The SMILES string of the molecule is c1ccc2cc(C3=NC(c4cccc5oc6ccc(-n7c8ccccc8c8cc9ccccc9cc87)cc6c45)=NC(c4ccc5ccccc5c4)N3)ccc2c1. The molecular weight excluding hydrogens is 685 g/mol. The lowest BCUT2D eigenvalue weighted by Crippen LogP contribution is -2.33. The molecule has 3 heterocycles. The second-order valence-electron chi connectivity index (χ2n) is 14.7. The highest BCUT2D eigenvalue weighted by Gasteiger charge is 2.24. The molecule has 1 unspecified atom stereocenters. The van der Waals surface area contributed by atoms with Gasteiger partial charge >= 0.3 is 0 Å². The average Bonchev–Trinajstić information content (AvgIpc) is 3.80. The van der Waals surface area contributed by atoms with Crippen LogP contribution in [-0.2, 0) is 0 Å². The number of hydrogen-bond donors (Lipinski definition) is 1. The van der Waals surface area contributed by atoms with Crippen molar-refractivity contribution in [2.45, 2.75) is 6.17 Å². The molecule has 1 aliphatic rings. The van der Waals surface area contributed by atoms with Crippen molar-refractivity contribution < 1.29 is 4.42 Å². The van der Waals surface area contributed by atoms with Crippen LogP contribution in [0.2, 0.25) is 0 Å². The fourth-order valence-corrected chi connectivity index (χ4v) is 8.67. The van der Waals surface area contributed by atoms with Crippen LogP contribution in [-0.4, -0.2) is 16.2 Å². The fourth-order valence-electron chi connectivity index (χ4n) is 8.67. The zero-order valence-electron chi connectivity index (χ0n) is 30.1. The van der Waals surface area contributed by atoms with Crippen molar-refractivity contribution in [3.05, 3.63) is 199 Å². The van der Waals surface area contributed by atoms with Crippen molar-refractivity contribution in [2.24, 2.45) is 9.98 Å². The first-order valence-electron chi connectivity index (χ1n) is 19.0. The highest BCUT2D eigenvalue weighted by atomic mass is 16.3. The number of rotatable bonds is 4. The molecule has 1 atom stereocenters. The van der Waals surface area contributed by atoms with E-state index in [9.17, 15) is 0 Å². The van der Waals surface area contributed by atoms with Crippen molar-refractivity contribution in [3.8, 4) is 5.69 Å². The summed E-state index contributed by atoms with van der Waals surface area (Å²) in [5.74, 6) is 1.44. The van der Waals surface area contributed by atoms with Crippen LogP contribution in [0.3, 0.4) is 0 Å². The third kappa shape index (κ3) is 4.81. The van der Waals surface area contributed by atoms with E-state index in [2.05, 4.69) is 180 Å². The second kappa shape index (κ2) is 12.0. The maximum absolute atomic E-state index is 6.58. The molecule has 1 N–H and O–H groups in total. The van der Waals surface area contributed by atoms with Crippen LogP contribution < -0.4 is 5.32 Å². The van der Waals surface area contributed by atoms with E-state index in [0.717, 1.165) is 61.1 Å². The van der Waals surface area contributed by atoms with Crippen LogP contribution in [0, 0.1) is 0 Å². The molecule has 0 radical (unpaired) electrons. The van der Waals surface area contributed by atoms with E-state index < -0.39 is 0 Å². The van der Waals surface area contributed by atoms with Gasteiger partial charge in [-0.15, -0.1) is 0 Å². The van der Waals surface area contributed by atoms with Gasteiger partial charge in [-0.1, -0.05) is 127 Å². The van der Waals surface area contributed by atoms with Gasteiger partial charge in [0, 0.05) is 38.4 Å². The maximum Gasteiger partial charge on any atom is 0.160 e. The van der Waals surface area contributed by atoms with E-state index in [1.54, 1.807) is 0 Å². The van der Waals surface area contributed by atoms with Crippen LogP contribution in [0.25, 0.3) is 81.7 Å². The first-order chi connectivity index (χ1) is 27.7. The van der Waals surface area contributed by atoms with Gasteiger partial charge in [0.25, 0.3) is 0 Å². The van der Waals surface area contributed by atoms with Crippen LogP contribution >= 0.6 is 0 Å². The van der Waals surface area contributed by atoms with E-state index >= 15 is 0 Å². The maximum atomic E-state index is 6.58. The number of para-hydroxylation sites is 1. The Kier molecular flexibility index (Phi) is 6.63. The molecule has 11 aromatic rings. The van der Waals surface area contributed by atoms with Gasteiger partial charge in [-0.05, 0) is 92.5 Å². The molecular formula is C51H32N4O. The number of hydrogen-bond acceptors (Lipinski definition) is 4. The molecule has 262 valence electrons. The quantitative estimate of drug-likeness (QED) is 0.197. The lowest BCUT2D eigenvalue weighted by atomic mass is 10.0. The van der Waals surface area contributed by atoms with Gasteiger partial charge in [-0.25, -0.2) is 9.98 Å². The van der Waals surface area contributed by atoms with Crippen molar-refractivity contribution in [1.29, 1.82) is 0 Å².